The van der Waals surface area contributed by atoms with Crippen LogP contribution in [0, 0.1) is 6.92 Å². The molecule has 4 aromatic carbocycles. The first kappa shape index (κ1) is 26.3. The highest BCUT2D eigenvalue weighted by Crippen LogP contribution is 2.28. The van der Waals surface area contributed by atoms with Gasteiger partial charge in [-0.15, -0.1) is 11.3 Å². The zero-order valence-corrected chi connectivity index (χ0v) is 23.5. The van der Waals surface area contributed by atoms with Gasteiger partial charge in [0.15, 0.2) is 5.13 Å². The molecule has 0 spiro atoms. The number of hydrazone groups is 1. The molecular weight excluding hydrogens is 572 g/mol. The number of amides is 1. The van der Waals surface area contributed by atoms with Gasteiger partial charge in [0.2, 0.25) is 0 Å². The van der Waals surface area contributed by atoms with E-state index in [4.69, 9.17) is 4.74 Å². The van der Waals surface area contributed by atoms with Crippen molar-refractivity contribution in [1.29, 1.82) is 0 Å². The molecular formula is C31H25BrN4O2S. The second-order valence-electron chi connectivity index (χ2n) is 8.77. The molecule has 0 aliphatic carbocycles. The summed E-state index contributed by atoms with van der Waals surface area (Å²) in [5.41, 5.74) is 9.00. The summed E-state index contributed by atoms with van der Waals surface area (Å²) in [7, 11) is 0. The Labute approximate surface area is 239 Å². The van der Waals surface area contributed by atoms with Crippen molar-refractivity contribution in [3.05, 3.63) is 129 Å². The summed E-state index contributed by atoms with van der Waals surface area (Å²) >= 11 is 5.08. The van der Waals surface area contributed by atoms with Crippen LogP contribution < -0.4 is 15.5 Å². The van der Waals surface area contributed by atoms with Gasteiger partial charge in [0.05, 0.1) is 16.4 Å². The quantitative estimate of drug-likeness (QED) is 0.134. The molecule has 1 amide bonds. The number of nitrogens with one attached hydrogen (secondary N) is 2. The van der Waals surface area contributed by atoms with Crippen LogP contribution >= 0.6 is 27.3 Å². The third-order valence-corrected chi connectivity index (χ3v) is 7.20. The fourth-order valence-corrected chi connectivity index (χ4v) is 4.95. The molecule has 2 N–H and O–H groups in total. The molecule has 0 atom stereocenters. The fraction of sp³-hybridized carbons (Fsp3) is 0.0645. The van der Waals surface area contributed by atoms with Gasteiger partial charge in [-0.25, -0.2) is 10.4 Å². The molecule has 0 aliphatic rings. The zero-order chi connectivity index (χ0) is 27.0. The van der Waals surface area contributed by atoms with E-state index in [1.165, 1.54) is 16.9 Å². The Morgan fingerprint density at radius 3 is 2.51 bits per heavy atom. The predicted molar refractivity (Wildman–Crippen MR) is 162 cm³/mol. The molecule has 0 bridgehead atoms. The third-order valence-electron chi connectivity index (χ3n) is 5.82. The number of aromatic nitrogens is 1. The summed E-state index contributed by atoms with van der Waals surface area (Å²) in [5, 5.41) is 10.2. The summed E-state index contributed by atoms with van der Waals surface area (Å²) in [6, 6.07) is 31.1. The highest BCUT2D eigenvalue weighted by Gasteiger charge is 2.09. The lowest BCUT2D eigenvalue weighted by Crippen LogP contribution is -2.17. The third kappa shape index (κ3) is 7.19. The molecule has 39 heavy (non-hydrogen) atoms. The minimum atomic E-state index is -0.292. The van der Waals surface area contributed by atoms with E-state index >= 15 is 0 Å². The average Bonchev–Trinajstić information content (AvgIpc) is 3.43. The molecule has 1 heterocycles. The maximum absolute atomic E-state index is 12.6. The Morgan fingerprint density at radius 2 is 1.77 bits per heavy atom. The van der Waals surface area contributed by atoms with Crippen LogP contribution in [0.1, 0.15) is 27.0 Å². The van der Waals surface area contributed by atoms with Crippen LogP contribution in [0.4, 0.5) is 10.8 Å². The second-order valence-corrected chi connectivity index (χ2v) is 10.5. The first-order chi connectivity index (χ1) is 19.0. The Bertz CT molecular complexity index is 1580. The van der Waals surface area contributed by atoms with E-state index in [2.05, 4.69) is 55.8 Å². The van der Waals surface area contributed by atoms with Crippen LogP contribution in [0.5, 0.6) is 5.75 Å². The first-order valence-electron chi connectivity index (χ1n) is 12.2. The van der Waals surface area contributed by atoms with E-state index in [0.717, 1.165) is 43.4 Å². The molecule has 0 saturated carbocycles. The van der Waals surface area contributed by atoms with Gasteiger partial charge in [0.1, 0.15) is 12.4 Å². The first-order valence-corrected chi connectivity index (χ1v) is 13.9. The van der Waals surface area contributed by atoms with Gasteiger partial charge in [-0.3, -0.25) is 4.79 Å². The van der Waals surface area contributed by atoms with Crippen molar-refractivity contribution >= 4 is 50.2 Å². The normalized spacial score (nSPS) is 10.9. The van der Waals surface area contributed by atoms with Gasteiger partial charge < -0.3 is 10.1 Å². The number of thiazole rings is 1. The van der Waals surface area contributed by atoms with E-state index in [-0.39, 0.29) is 5.91 Å². The van der Waals surface area contributed by atoms with Crippen molar-refractivity contribution < 1.29 is 9.53 Å². The van der Waals surface area contributed by atoms with Crippen LogP contribution in [0.2, 0.25) is 0 Å². The molecule has 0 unspecified atom stereocenters. The van der Waals surface area contributed by atoms with E-state index in [9.17, 15) is 4.79 Å². The van der Waals surface area contributed by atoms with Crippen LogP contribution in [0.15, 0.2) is 112 Å². The van der Waals surface area contributed by atoms with Gasteiger partial charge in [-0.1, -0.05) is 60.2 Å². The minimum Gasteiger partial charge on any atom is -0.488 e. The number of hydrogen-bond acceptors (Lipinski definition) is 6. The fourth-order valence-electron chi connectivity index (χ4n) is 3.70. The van der Waals surface area contributed by atoms with Crippen molar-refractivity contribution in [3.8, 4) is 17.0 Å². The maximum Gasteiger partial charge on any atom is 0.271 e. The number of rotatable bonds is 9. The summed E-state index contributed by atoms with van der Waals surface area (Å²) < 4.78 is 6.69. The number of nitrogens with zero attached hydrogens (tertiary/aromatic N) is 2. The highest BCUT2D eigenvalue weighted by molar-refractivity contribution is 9.10. The monoisotopic (exact) mass is 596 g/mol. The predicted octanol–water partition coefficient (Wildman–Crippen LogP) is 7.97. The lowest BCUT2D eigenvalue weighted by atomic mass is 10.1. The lowest BCUT2D eigenvalue weighted by Gasteiger charge is -2.08. The van der Waals surface area contributed by atoms with Gasteiger partial charge in [-0.2, -0.15) is 5.10 Å². The minimum absolute atomic E-state index is 0.292. The van der Waals surface area contributed by atoms with Crippen molar-refractivity contribution in [3.63, 3.8) is 0 Å². The number of ether oxygens (including phenoxy) is 1. The van der Waals surface area contributed by atoms with Crippen molar-refractivity contribution in [2.24, 2.45) is 5.10 Å². The molecule has 1 aromatic heterocycles. The number of halogens is 1. The Morgan fingerprint density at radius 1 is 1.00 bits per heavy atom. The van der Waals surface area contributed by atoms with Gasteiger partial charge in [0, 0.05) is 22.2 Å². The molecule has 5 aromatic rings. The van der Waals surface area contributed by atoms with E-state index in [0.29, 0.717) is 12.2 Å². The SMILES string of the molecule is Cc1ccc(Nc2nc(-c3ccc(C(=O)N/N=C\c4ccc(OCc5ccccc5)c(Br)c4)cc3)cs2)cc1. The summed E-state index contributed by atoms with van der Waals surface area (Å²) in [6.07, 6.45) is 1.59. The maximum atomic E-state index is 12.6. The Balaban J connectivity index is 1.14. The lowest BCUT2D eigenvalue weighted by molar-refractivity contribution is 0.0955. The summed E-state index contributed by atoms with van der Waals surface area (Å²) in [4.78, 5) is 17.2. The second kappa shape index (κ2) is 12.5. The van der Waals surface area contributed by atoms with Crippen LogP contribution in [0.25, 0.3) is 11.3 Å². The average molecular weight is 598 g/mol. The summed E-state index contributed by atoms with van der Waals surface area (Å²) in [6.45, 7) is 2.54. The standard InChI is InChI=1S/C31H25BrN4O2S/c1-21-7-14-26(15-8-21)34-31-35-28(20-39-31)24-10-12-25(13-11-24)30(37)36-33-18-23-9-16-29(27(32)17-23)38-19-22-5-3-2-4-6-22/h2-18,20H,19H2,1H3,(H,34,35)(H,36,37)/b33-18-. The number of aryl methyl sites for hydroxylation is 1. The van der Waals surface area contributed by atoms with Crippen molar-refractivity contribution in [1.82, 2.24) is 10.4 Å². The number of carbonyl (C=O) groups is 1. The van der Waals surface area contributed by atoms with Gasteiger partial charge in [0.25, 0.3) is 5.91 Å². The molecule has 0 fully saturated rings. The number of benzene rings is 4. The molecule has 0 saturated heterocycles. The van der Waals surface area contributed by atoms with Crippen LogP contribution in [-0.2, 0) is 6.61 Å². The Kier molecular flexibility index (Phi) is 8.45. The van der Waals surface area contributed by atoms with E-state index in [1.54, 1.807) is 18.3 Å². The van der Waals surface area contributed by atoms with Gasteiger partial charge >= 0.3 is 0 Å². The molecule has 6 nitrogen and oxygen atoms in total. The molecule has 0 aliphatic heterocycles. The number of carbonyl (C=O) groups excluding carboxylic acids is 1. The zero-order valence-electron chi connectivity index (χ0n) is 21.1. The highest BCUT2D eigenvalue weighted by atomic mass is 79.9. The van der Waals surface area contributed by atoms with Crippen molar-refractivity contribution in [2.45, 2.75) is 13.5 Å². The Hall–Kier alpha value is -4.27. The largest absolute Gasteiger partial charge is 0.488 e. The molecule has 8 heteroatoms. The molecule has 5 rings (SSSR count). The topological polar surface area (TPSA) is 75.6 Å². The van der Waals surface area contributed by atoms with Crippen molar-refractivity contribution in [2.75, 3.05) is 5.32 Å². The van der Waals surface area contributed by atoms with Gasteiger partial charge in [-0.05, 0) is 76.4 Å². The number of hydrogen-bond donors (Lipinski definition) is 2. The van der Waals surface area contributed by atoms with Crippen LogP contribution in [0.3, 0.4) is 0 Å². The van der Waals surface area contributed by atoms with E-state index in [1.807, 2.05) is 78.2 Å². The van der Waals surface area contributed by atoms with Crippen LogP contribution in [-0.4, -0.2) is 17.1 Å². The smallest absolute Gasteiger partial charge is 0.271 e. The molecule has 0 radical (unpaired) electrons. The van der Waals surface area contributed by atoms with E-state index < -0.39 is 0 Å². The summed E-state index contributed by atoms with van der Waals surface area (Å²) in [5.74, 6) is 0.443. The number of anilines is 2. The molecule has 194 valence electrons.